The van der Waals surface area contributed by atoms with E-state index in [1.54, 1.807) is 23.1 Å². The first-order valence-corrected chi connectivity index (χ1v) is 8.75. The Hall–Kier alpha value is 0.220. The van der Waals surface area contributed by atoms with E-state index in [9.17, 15) is 0 Å². The molecule has 0 aromatic carbocycles. The molecule has 96 valence electrons. The molecule has 0 radical (unpaired) electrons. The number of nitrogens with zero attached hydrogens (tertiary/aromatic N) is 2. The predicted molar refractivity (Wildman–Crippen MR) is 76.9 cm³/mol. The molecular formula is C11H19N3S3. The van der Waals surface area contributed by atoms with Gasteiger partial charge in [-0.1, -0.05) is 55.1 Å². The summed E-state index contributed by atoms with van der Waals surface area (Å²) in [6.45, 7) is 4.55. The van der Waals surface area contributed by atoms with Gasteiger partial charge >= 0.3 is 0 Å². The van der Waals surface area contributed by atoms with Crippen LogP contribution in [0.1, 0.15) is 33.1 Å². The third kappa shape index (κ3) is 3.16. The van der Waals surface area contributed by atoms with Gasteiger partial charge in [-0.25, -0.2) is 0 Å². The maximum atomic E-state index is 6.37. The van der Waals surface area contributed by atoms with E-state index < -0.39 is 0 Å². The lowest BCUT2D eigenvalue weighted by Gasteiger charge is -2.41. The molecule has 0 spiro atoms. The van der Waals surface area contributed by atoms with E-state index in [-0.39, 0.29) is 11.5 Å². The third-order valence-electron chi connectivity index (χ3n) is 3.43. The molecular weight excluding hydrogens is 270 g/mol. The minimum absolute atomic E-state index is 0.253. The molecule has 0 saturated heterocycles. The molecule has 1 aliphatic rings. The van der Waals surface area contributed by atoms with Crippen LogP contribution in [0.3, 0.4) is 0 Å². The molecule has 2 atom stereocenters. The fourth-order valence-electron chi connectivity index (χ4n) is 2.20. The molecule has 1 heterocycles. The van der Waals surface area contributed by atoms with E-state index in [0.29, 0.717) is 5.25 Å². The Balaban J connectivity index is 2.03. The fourth-order valence-corrected chi connectivity index (χ4v) is 5.31. The first-order valence-electron chi connectivity index (χ1n) is 5.82. The number of aromatic nitrogens is 2. The molecule has 0 bridgehead atoms. The van der Waals surface area contributed by atoms with Crippen LogP contribution in [0.2, 0.25) is 0 Å². The lowest BCUT2D eigenvalue weighted by atomic mass is 9.73. The first-order chi connectivity index (χ1) is 8.03. The Labute approximate surface area is 115 Å². The summed E-state index contributed by atoms with van der Waals surface area (Å²) in [5.41, 5.74) is 6.63. The highest BCUT2D eigenvalue weighted by Gasteiger charge is 2.37. The third-order valence-corrected chi connectivity index (χ3v) is 6.77. The van der Waals surface area contributed by atoms with Gasteiger partial charge in [0.25, 0.3) is 0 Å². The molecule has 17 heavy (non-hydrogen) atoms. The van der Waals surface area contributed by atoms with Crippen LogP contribution >= 0.6 is 34.9 Å². The normalized spacial score (nSPS) is 28.2. The van der Waals surface area contributed by atoms with Crippen LogP contribution in [-0.2, 0) is 0 Å². The van der Waals surface area contributed by atoms with Gasteiger partial charge < -0.3 is 5.73 Å². The molecule has 1 fully saturated rings. The molecule has 1 saturated carbocycles. The van der Waals surface area contributed by atoms with E-state index in [0.717, 1.165) is 8.68 Å². The van der Waals surface area contributed by atoms with Crippen LogP contribution in [0.15, 0.2) is 8.68 Å². The largest absolute Gasteiger partial charge is 0.326 e. The monoisotopic (exact) mass is 289 g/mol. The molecule has 2 N–H and O–H groups in total. The molecule has 0 amide bonds. The highest BCUT2D eigenvalue weighted by Crippen LogP contribution is 2.42. The minimum atomic E-state index is 0.253. The van der Waals surface area contributed by atoms with Crippen LogP contribution in [0.4, 0.5) is 0 Å². The summed E-state index contributed by atoms with van der Waals surface area (Å²) in [6, 6.07) is 0.253. The molecule has 2 unspecified atom stereocenters. The SMILES string of the molecule is CSc1nnc(SC2CCCC(C)(C)C2N)s1. The van der Waals surface area contributed by atoms with Crippen molar-refractivity contribution in [1.29, 1.82) is 0 Å². The lowest BCUT2D eigenvalue weighted by Crippen LogP contribution is -2.48. The quantitative estimate of drug-likeness (QED) is 0.866. The van der Waals surface area contributed by atoms with E-state index in [1.165, 1.54) is 19.3 Å². The van der Waals surface area contributed by atoms with Crippen molar-refractivity contribution in [2.24, 2.45) is 11.1 Å². The van der Waals surface area contributed by atoms with Gasteiger partial charge in [0.2, 0.25) is 0 Å². The second kappa shape index (κ2) is 5.47. The topological polar surface area (TPSA) is 51.8 Å². The van der Waals surface area contributed by atoms with Crippen molar-refractivity contribution in [1.82, 2.24) is 10.2 Å². The zero-order valence-electron chi connectivity index (χ0n) is 10.5. The van der Waals surface area contributed by atoms with Crippen molar-refractivity contribution >= 4 is 34.9 Å². The van der Waals surface area contributed by atoms with Crippen molar-refractivity contribution in [3.63, 3.8) is 0 Å². The van der Waals surface area contributed by atoms with Crippen LogP contribution in [0, 0.1) is 5.41 Å². The lowest BCUT2D eigenvalue weighted by molar-refractivity contribution is 0.208. The zero-order chi connectivity index (χ0) is 12.5. The Kier molecular flexibility index (Phi) is 4.39. The summed E-state index contributed by atoms with van der Waals surface area (Å²) in [7, 11) is 0. The highest BCUT2D eigenvalue weighted by molar-refractivity contribution is 8.03. The van der Waals surface area contributed by atoms with Crippen molar-refractivity contribution in [2.75, 3.05) is 6.26 Å². The van der Waals surface area contributed by atoms with Crippen LogP contribution in [0.5, 0.6) is 0 Å². The number of rotatable bonds is 3. The van der Waals surface area contributed by atoms with E-state index in [2.05, 4.69) is 24.0 Å². The van der Waals surface area contributed by atoms with Gasteiger partial charge in [0.1, 0.15) is 0 Å². The smallest absolute Gasteiger partial charge is 0.175 e. The second-order valence-electron chi connectivity index (χ2n) is 5.10. The molecule has 1 aromatic rings. The summed E-state index contributed by atoms with van der Waals surface area (Å²) in [5, 5.41) is 8.84. The van der Waals surface area contributed by atoms with Crippen molar-refractivity contribution in [3.8, 4) is 0 Å². The summed E-state index contributed by atoms with van der Waals surface area (Å²) in [5.74, 6) is 0. The fraction of sp³-hybridized carbons (Fsp3) is 0.818. The molecule has 3 nitrogen and oxygen atoms in total. The number of thioether (sulfide) groups is 2. The van der Waals surface area contributed by atoms with Crippen molar-refractivity contribution in [2.45, 2.75) is 53.1 Å². The van der Waals surface area contributed by atoms with Gasteiger partial charge in [-0.3, -0.25) is 0 Å². The van der Waals surface area contributed by atoms with Gasteiger partial charge in [0, 0.05) is 11.3 Å². The molecule has 0 aliphatic heterocycles. The van der Waals surface area contributed by atoms with Gasteiger partial charge in [-0.05, 0) is 24.5 Å². The van der Waals surface area contributed by atoms with Crippen molar-refractivity contribution < 1.29 is 0 Å². The molecule has 1 aromatic heterocycles. The standard InChI is InChI=1S/C11H19N3S3/c1-11(2)6-4-5-7(8(11)12)16-10-14-13-9(15-3)17-10/h7-8H,4-6,12H2,1-3H3. The Bertz CT molecular complexity index is 378. The van der Waals surface area contributed by atoms with Gasteiger partial charge in [0.05, 0.1) is 0 Å². The van der Waals surface area contributed by atoms with E-state index in [4.69, 9.17) is 5.73 Å². The maximum Gasteiger partial charge on any atom is 0.175 e. The van der Waals surface area contributed by atoms with Crippen LogP contribution in [-0.4, -0.2) is 27.7 Å². The molecule has 2 rings (SSSR count). The van der Waals surface area contributed by atoms with Gasteiger partial charge in [-0.2, -0.15) is 0 Å². The Morgan fingerprint density at radius 2 is 2.06 bits per heavy atom. The van der Waals surface area contributed by atoms with Gasteiger partial charge in [-0.15, -0.1) is 10.2 Å². The second-order valence-corrected chi connectivity index (χ2v) is 8.62. The van der Waals surface area contributed by atoms with E-state index in [1.807, 2.05) is 18.0 Å². The zero-order valence-corrected chi connectivity index (χ0v) is 12.9. The van der Waals surface area contributed by atoms with Crippen LogP contribution < -0.4 is 5.73 Å². The highest BCUT2D eigenvalue weighted by atomic mass is 32.2. The Morgan fingerprint density at radius 1 is 1.35 bits per heavy atom. The average molecular weight is 289 g/mol. The average Bonchev–Trinajstić information content (AvgIpc) is 2.72. The van der Waals surface area contributed by atoms with E-state index >= 15 is 0 Å². The number of hydrogen-bond donors (Lipinski definition) is 1. The minimum Gasteiger partial charge on any atom is -0.326 e. The number of nitrogens with two attached hydrogens (primary N) is 1. The first kappa shape index (κ1) is 13.6. The summed E-state index contributed by atoms with van der Waals surface area (Å²) < 4.78 is 2.10. The number of hydrogen-bond acceptors (Lipinski definition) is 6. The predicted octanol–water partition coefficient (Wildman–Crippen LogP) is 3.26. The molecule has 1 aliphatic carbocycles. The maximum absolute atomic E-state index is 6.37. The van der Waals surface area contributed by atoms with Crippen molar-refractivity contribution in [3.05, 3.63) is 0 Å². The summed E-state index contributed by atoms with van der Waals surface area (Å²) >= 11 is 5.15. The summed E-state index contributed by atoms with van der Waals surface area (Å²) in [4.78, 5) is 0. The molecule has 6 heteroatoms. The van der Waals surface area contributed by atoms with Gasteiger partial charge in [0.15, 0.2) is 8.68 Å². The Morgan fingerprint density at radius 3 is 2.71 bits per heavy atom. The van der Waals surface area contributed by atoms with Crippen LogP contribution in [0.25, 0.3) is 0 Å². The summed E-state index contributed by atoms with van der Waals surface area (Å²) in [6.07, 6.45) is 5.73.